The number of rotatable bonds is 2. The Morgan fingerprint density at radius 1 is 1.38 bits per heavy atom. The van der Waals surface area contributed by atoms with Crippen molar-refractivity contribution in [1.29, 1.82) is 0 Å². The van der Waals surface area contributed by atoms with E-state index in [1.165, 1.54) is 0 Å². The van der Waals surface area contributed by atoms with Crippen LogP contribution in [0.15, 0.2) is 12.1 Å². The average Bonchev–Trinajstić information content (AvgIpc) is 2.10. The van der Waals surface area contributed by atoms with Gasteiger partial charge in [0.05, 0.1) is 10.6 Å². The number of hydrogen-bond acceptors (Lipinski definition) is 2. The maximum atomic E-state index is 13.2. The Morgan fingerprint density at radius 2 is 1.94 bits per heavy atom. The Labute approximate surface area is 92.8 Å². The van der Waals surface area contributed by atoms with E-state index in [0.29, 0.717) is 0 Å². The van der Waals surface area contributed by atoms with Gasteiger partial charge in [0.15, 0.2) is 17.3 Å². The summed E-state index contributed by atoms with van der Waals surface area (Å²) in [5, 5.41) is -0.552. The van der Waals surface area contributed by atoms with Crippen molar-refractivity contribution < 1.29 is 27.1 Å². The molecule has 0 amide bonds. The van der Waals surface area contributed by atoms with Gasteiger partial charge >= 0.3 is 6.36 Å². The molecule has 88 valence electrons. The third-order valence-electron chi connectivity index (χ3n) is 1.65. The molecule has 0 N–H and O–H groups in total. The summed E-state index contributed by atoms with van der Waals surface area (Å²) in [6.45, 7) is 0.992. The SMILES string of the molecule is CC(=O)c1ccc(Cl)c(F)c1OC(F)(F)F. The van der Waals surface area contributed by atoms with E-state index in [9.17, 15) is 22.4 Å². The molecule has 1 rings (SSSR count). The smallest absolute Gasteiger partial charge is 0.402 e. The molecule has 0 bridgehead atoms. The molecular weight excluding hydrogens is 252 g/mol. The van der Waals surface area contributed by atoms with Crippen molar-refractivity contribution in [2.45, 2.75) is 13.3 Å². The molecular formula is C9H5ClF4O2. The Hall–Kier alpha value is -1.30. The lowest BCUT2D eigenvalue weighted by Crippen LogP contribution is -2.19. The van der Waals surface area contributed by atoms with Crippen LogP contribution in [-0.2, 0) is 0 Å². The van der Waals surface area contributed by atoms with Gasteiger partial charge in [-0.3, -0.25) is 4.79 Å². The molecule has 0 radical (unpaired) electrons. The van der Waals surface area contributed by atoms with Crippen molar-refractivity contribution >= 4 is 17.4 Å². The molecule has 7 heteroatoms. The third-order valence-corrected chi connectivity index (χ3v) is 1.94. The van der Waals surface area contributed by atoms with Crippen LogP contribution in [0.3, 0.4) is 0 Å². The molecule has 0 aliphatic carbocycles. The molecule has 0 saturated carbocycles. The molecule has 0 heterocycles. The van der Waals surface area contributed by atoms with E-state index < -0.39 is 34.3 Å². The van der Waals surface area contributed by atoms with Gasteiger partial charge in [-0.15, -0.1) is 13.2 Å². The van der Waals surface area contributed by atoms with E-state index in [1.54, 1.807) is 0 Å². The molecule has 0 unspecified atom stereocenters. The normalized spacial score (nSPS) is 11.4. The summed E-state index contributed by atoms with van der Waals surface area (Å²) in [5.74, 6) is -3.37. The maximum Gasteiger partial charge on any atom is 0.573 e. The molecule has 0 aromatic heterocycles. The summed E-state index contributed by atoms with van der Waals surface area (Å²) >= 11 is 5.29. The monoisotopic (exact) mass is 256 g/mol. The van der Waals surface area contributed by atoms with Crippen molar-refractivity contribution in [1.82, 2.24) is 0 Å². The molecule has 0 spiro atoms. The Kier molecular flexibility index (Phi) is 3.42. The van der Waals surface area contributed by atoms with Gasteiger partial charge in [-0.2, -0.15) is 0 Å². The van der Waals surface area contributed by atoms with Gasteiger partial charge in [0, 0.05) is 0 Å². The fourth-order valence-corrected chi connectivity index (χ4v) is 1.17. The Morgan fingerprint density at radius 3 is 2.38 bits per heavy atom. The topological polar surface area (TPSA) is 26.3 Å². The van der Waals surface area contributed by atoms with E-state index in [2.05, 4.69) is 4.74 Å². The second-order valence-electron chi connectivity index (χ2n) is 2.84. The van der Waals surface area contributed by atoms with Crippen LogP contribution >= 0.6 is 11.6 Å². The van der Waals surface area contributed by atoms with Gasteiger partial charge in [-0.1, -0.05) is 11.6 Å². The number of carbonyl (C=O) groups excluding carboxylic acids is 1. The van der Waals surface area contributed by atoms with Crippen LogP contribution in [0.4, 0.5) is 17.6 Å². The molecule has 1 aromatic rings. The van der Waals surface area contributed by atoms with E-state index >= 15 is 0 Å². The zero-order valence-corrected chi connectivity index (χ0v) is 8.62. The van der Waals surface area contributed by atoms with E-state index in [4.69, 9.17) is 11.6 Å². The molecule has 0 aliphatic heterocycles. The molecule has 0 fully saturated rings. The summed E-state index contributed by atoms with van der Waals surface area (Å²) in [5.41, 5.74) is -0.515. The largest absolute Gasteiger partial charge is 0.573 e. The fraction of sp³-hybridized carbons (Fsp3) is 0.222. The first kappa shape index (κ1) is 12.8. The lowest BCUT2D eigenvalue weighted by molar-refractivity contribution is -0.275. The molecule has 0 saturated heterocycles. The first-order valence-electron chi connectivity index (χ1n) is 3.97. The molecule has 1 aromatic carbocycles. The van der Waals surface area contributed by atoms with E-state index in [1.807, 2.05) is 0 Å². The summed E-state index contributed by atoms with van der Waals surface area (Å²) in [4.78, 5) is 11.0. The lowest BCUT2D eigenvalue weighted by atomic mass is 10.1. The van der Waals surface area contributed by atoms with Gasteiger partial charge in [-0.25, -0.2) is 4.39 Å². The van der Waals surface area contributed by atoms with Crippen molar-refractivity contribution in [2.24, 2.45) is 0 Å². The standard InChI is InChI=1S/C9H5ClF4O2/c1-4(15)5-2-3-6(10)7(11)8(5)16-9(12,13)14/h2-3H,1H3. The number of Topliss-reactive ketones (excluding diaryl/α,β-unsaturated/α-hetero) is 1. The van der Waals surface area contributed by atoms with Crippen LogP contribution in [0.5, 0.6) is 5.75 Å². The first-order valence-corrected chi connectivity index (χ1v) is 4.35. The lowest BCUT2D eigenvalue weighted by Gasteiger charge is -2.13. The summed E-state index contributed by atoms with van der Waals surface area (Å²) in [6, 6.07) is 1.95. The van der Waals surface area contributed by atoms with Gasteiger partial charge < -0.3 is 4.74 Å². The summed E-state index contributed by atoms with van der Waals surface area (Å²) < 4.78 is 52.5. The molecule has 16 heavy (non-hydrogen) atoms. The predicted molar refractivity (Wildman–Crippen MR) is 48.1 cm³/mol. The average molecular weight is 257 g/mol. The number of carbonyl (C=O) groups is 1. The highest BCUT2D eigenvalue weighted by atomic mass is 35.5. The minimum absolute atomic E-state index is 0.515. The summed E-state index contributed by atoms with van der Waals surface area (Å²) in [6.07, 6.45) is -5.09. The van der Waals surface area contributed by atoms with Gasteiger partial charge in [0.2, 0.25) is 0 Å². The fourth-order valence-electron chi connectivity index (χ4n) is 1.02. The minimum Gasteiger partial charge on any atom is -0.402 e. The molecule has 2 nitrogen and oxygen atoms in total. The van der Waals surface area contributed by atoms with Crippen LogP contribution in [0.1, 0.15) is 17.3 Å². The number of halogens is 5. The van der Waals surface area contributed by atoms with Crippen LogP contribution < -0.4 is 4.74 Å². The number of hydrogen-bond donors (Lipinski definition) is 0. The van der Waals surface area contributed by atoms with Crippen LogP contribution in [-0.4, -0.2) is 12.1 Å². The predicted octanol–water partition coefficient (Wildman–Crippen LogP) is 3.58. The highest BCUT2D eigenvalue weighted by Gasteiger charge is 2.34. The van der Waals surface area contributed by atoms with E-state index in [-0.39, 0.29) is 0 Å². The van der Waals surface area contributed by atoms with Gasteiger partial charge in [-0.05, 0) is 19.1 Å². The van der Waals surface area contributed by atoms with E-state index in [0.717, 1.165) is 19.1 Å². The third kappa shape index (κ3) is 2.85. The second-order valence-corrected chi connectivity index (χ2v) is 3.25. The molecule has 0 aliphatic rings. The second kappa shape index (κ2) is 4.29. The number of alkyl halides is 3. The number of ketones is 1. The zero-order valence-electron chi connectivity index (χ0n) is 7.86. The number of benzene rings is 1. The van der Waals surface area contributed by atoms with Crippen molar-refractivity contribution in [3.8, 4) is 5.75 Å². The first-order chi connectivity index (χ1) is 7.22. The van der Waals surface area contributed by atoms with Crippen molar-refractivity contribution in [3.63, 3.8) is 0 Å². The molecule has 0 atom stereocenters. The van der Waals surface area contributed by atoms with Gasteiger partial charge in [0.1, 0.15) is 0 Å². The maximum absolute atomic E-state index is 13.2. The highest BCUT2D eigenvalue weighted by molar-refractivity contribution is 6.31. The van der Waals surface area contributed by atoms with Crippen LogP contribution in [0, 0.1) is 5.82 Å². The van der Waals surface area contributed by atoms with Gasteiger partial charge in [0.25, 0.3) is 0 Å². The zero-order chi connectivity index (χ0) is 12.5. The Bertz CT molecular complexity index is 428. The quantitative estimate of drug-likeness (QED) is 0.597. The minimum atomic E-state index is -5.09. The number of ether oxygens (including phenoxy) is 1. The van der Waals surface area contributed by atoms with Crippen molar-refractivity contribution in [3.05, 3.63) is 28.5 Å². The summed E-state index contributed by atoms with van der Waals surface area (Å²) in [7, 11) is 0. The van der Waals surface area contributed by atoms with Crippen LogP contribution in [0.2, 0.25) is 5.02 Å². The van der Waals surface area contributed by atoms with Crippen molar-refractivity contribution in [2.75, 3.05) is 0 Å². The van der Waals surface area contributed by atoms with Crippen LogP contribution in [0.25, 0.3) is 0 Å². The Balaban J connectivity index is 3.32. The highest BCUT2D eigenvalue weighted by Crippen LogP contribution is 2.33.